The third-order valence-electron chi connectivity index (χ3n) is 2.84. The van der Waals surface area contributed by atoms with Crippen LogP contribution in [-0.4, -0.2) is 16.7 Å². The maximum atomic E-state index is 13.5. The van der Waals surface area contributed by atoms with E-state index in [0.29, 0.717) is 18.4 Å². The SMILES string of the molecule is NC1CC(O)(Cc2cccc(Cl)c2F)C1. The highest BCUT2D eigenvalue weighted by Gasteiger charge is 2.41. The van der Waals surface area contributed by atoms with E-state index in [4.69, 9.17) is 17.3 Å². The van der Waals surface area contributed by atoms with Gasteiger partial charge in [-0.05, 0) is 24.5 Å². The Balaban J connectivity index is 2.15. The van der Waals surface area contributed by atoms with Crippen LogP contribution < -0.4 is 5.73 Å². The van der Waals surface area contributed by atoms with Gasteiger partial charge < -0.3 is 10.8 Å². The Morgan fingerprint density at radius 2 is 2.20 bits per heavy atom. The lowest BCUT2D eigenvalue weighted by molar-refractivity contribution is -0.0460. The molecule has 0 atom stereocenters. The summed E-state index contributed by atoms with van der Waals surface area (Å²) in [6, 6.07) is 4.86. The first-order chi connectivity index (χ1) is 7.00. The highest BCUT2D eigenvalue weighted by atomic mass is 35.5. The minimum atomic E-state index is -0.842. The van der Waals surface area contributed by atoms with Crippen molar-refractivity contribution in [1.82, 2.24) is 0 Å². The summed E-state index contributed by atoms with van der Waals surface area (Å²) in [5.74, 6) is -0.437. The van der Waals surface area contributed by atoms with Gasteiger partial charge in [-0.2, -0.15) is 0 Å². The monoisotopic (exact) mass is 229 g/mol. The van der Waals surface area contributed by atoms with Crippen LogP contribution in [0.25, 0.3) is 0 Å². The molecule has 1 aromatic carbocycles. The molecule has 0 unspecified atom stereocenters. The Labute approximate surface area is 92.9 Å². The summed E-state index contributed by atoms with van der Waals surface area (Å²) in [6.45, 7) is 0. The van der Waals surface area contributed by atoms with Crippen molar-refractivity contribution in [2.45, 2.75) is 30.9 Å². The molecule has 4 heteroatoms. The van der Waals surface area contributed by atoms with Gasteiger partial charge in [0.1, 0.15) is 5.82 Å². The molecule has 0 bridgehead atoms. The molecule has 0 spiro atoms. The van der Waals surface area contributed by atoms with Gasteiger partial charge in [0.05, 0.1) is 10.6 Å². The van der Waals surface area contributed by atoms with Gasteiger partial charge in [-0.15, -0.1) is 0 Å². The van der Waals surface area contributed by atoms with Crippen LogP contribution in [0.4, 0.5) is 4.39 Å². The van der Waals surface area contributed by atoms with Gasteiger partial charge in [0.2, 0.25) is 0 Å². The van der Waals surface area contributed by atoms with E-state index in [1.165, 1.54) is 6.07 Å². The third kappa shape index (κ3) is 2.14. The topological polar surface area (TPSA) is 46.2 Å². The molecule has 0 heterocycles. The zero-order chi connectivity index (χ0) is 11.1. The summed E-state index contributed by atoms with van der Waals surface area (Å²) in [7, 11) is 0. The fourth-order valence-corrected chi connectivity index (χ4v) is 2.29. The maximum Gasteiger partial charge on any atom is 0.145 e. The fraction of sp³-hybridized carbons (Fsp3) is 0.455. The van der Waals surface area contributed by atoms with Crippen LogP contribution in [0.3, 0.4) is 0 Å². The van der Waals surface area contributed by atoms with Gasteiger partial charge in [0.15, 0.2) is 0 Å². The molecule has 2 rings (SSSR count). The average Bonchev–Trinajstić information content (AvgIpc) is 2.11. The first-order valence-corrected chi connectivity index (χ1v) is 5.29. The summed E-state index contributed by atoms with van der Waals surface area (Å²) < 4.78 is 13.5. The number of hydrogen-bond acceptors (Lipinski definition) is 2. The highest BCUT2D eigenvalue weighted by molar-refractivity contribution is 6.30. The smallest absolute Gasteiger partial charge is 0.145 e. The number of benzene rings is 1. The van der Waals surface area contributed by atoms with E-state index >= 15 is 0 Å². The largest absolute Gasteiger partial charge is 0.389 e. The van der Waals surface area contributed by atoms with Crippen molar-refractivity contribution in [3.63, 3.8) is 0 Å². The molecule has 15 heavy (non-hydrogen) atoms. The lowest BCUT2D eigenvalue weighted by Gasteiger charge is -2.42. The molecule has 0 aromatic heterocycles. The Kier molecular flexibility index (Phi) is 2.71. The maximum absolute atomic E-state index is 13.5. The average molecular weight is 230 g/mol. The Hall–Kier alpha value is -0.640. The van der Waals surface area contributed by atoms with E-state index in [2.05, 4.69) is 0 Å². The van der Waals surface area contributed by atoms with Crippen molar-refractivity contribution < 1.29 is 9.50 Å². The van der Waals surface area contributed by atoms with E-state index in [1.807, 2.05) is 0 Å². The van der Waals surface area contributed by atoms with Crippen LogP contribution in [0.2, 0.25) is 5.02 Å². The summed E-state index contributed by atoms with van der Waals surface area (Å²) in [5, 5.41) is 10.1. The van der Waals surface area contributed by atoms with Gasteiger partial charge in [-0.25, -0.2) is 4.39 Å². The van der Waals surface area contributed by atoms with E-state index in [1.54, 1.807) is 12.1 Å². The van der Waals surface area contributed by atoms with Crippen molar-refractivity contribution >= 4 is 11.6 Å². The Morgan fingerprint density at radius 3 is 2.80 bits per heavy atom. The standard InChI is InChI=1S/C11H13ClFNO/c12-9-3-1-2-7(10(9)13)4-11(15)5-8(14)6-11/h1-3,8,15H,4-6,14H2. The normalized spacial score (nSPS) is 30.0. The van der Waals surface area contributed by atoms with Crippen molar-refractivity contribution in [1.29, 1.82) is 0 Å². The first kappa shape index (κ1) is 10.9. The van der Waals surface area contributed by atoms with Crippen LogP contribution in [0.15, 0.2) is 18.2 Å². The number of rotatable bonds is 2. The second-order valence-electron chi connectivity index (χ2n) is 4.28. The van der Waals surface area contributed by atoms with Gasteiger partial charge in [-0.3, -0.25) is 0 Å². The predicted octanol–water partition coefficient (Wildman–Crippen LogP) is 1.87. The quantitative estimate of drug-likeness (QED) is 0.814. The van der Waals surface area contributed by atoms with Gasteiger partial charge in [-0.1, -0.05) is 23.7 Å². The van der Waals surface area contributed by atoms with Gasteiger partial charge in [0.25, 0.3) is 0 Å². The zero-order valence-electron chi connectivity index (χ0n) is 8.21. The molecule has 1 saturated carbocycles. The summed E-state index contributed by atoms with van der Waals surface area (Å²) in [4.78, 5) is 0. The van der Waals surface area contributed by atoms with Gasteiger partial charge >= 0.3 is 0 Å². The minimum Gasteiger partial charge on any atom is -0.389 e. The van der Waals surface area contributed by atoms with Gasteiger partial charge in [0, 0.05) is 12.5 Å². The molecule has 1 aliphatic rings. The Morgan fingerprint density at radius 1 is 1.53 bits per heavy atom. The fourth-order valence-electron chi connectivity index (χ4n) is 2.10. The third-order valence-corrected chi connectivity index (χ3v) is 3.13. The summed E-state index contributed by atoms with van der Waals surface area (Å²) >= 11 is 5.65. The molecule has 0 amide bonds. The highest BCUT2D eigenvalue weighted by Crippen LogP contribution is 2.35. The van der Waals surface area contributed by atoms with E-state index in [-0.39, 0.29) is 17.5 Å². The van der Waals surface area contributed by atoms with Crippen molar-refractivity contribution in [3.05, 3.63) is 34.6 Å². The number of halogens is 2. The molecule has 0 saturated heterocycles. The second-order valence-corrected chi connectivity index (χ2v) is 4.69. The van der Waals surface area contributed by atoms with Crippen LogP contribution in [0.1, 0.15) is 18.4 Å². The molecular formula is C11H13ClFNO. The second kappa shape index (κ2) is 3.74. The molecule has 1 aliphatic carbocycles. The number of aliphatic hydroxyl groups is 1. The molecule has 0 aliphatic heterocycles. The Bertz CT molecular complexity index is 377. The molecule has 82 valence electrons. The first-order valence-electron chi connectivity index (χ1n) is 4.91. The van der Waals surface area contributed by atoms with Crippen molar-refractivity contribution in [2.75, 3.05) is 0 Å². The van der Waals surface area contributed by atoms with Crippen LogP contribution in [0, 0.1) is 5.82 Å². The molecule has 2 nitrogen and oxygen atoms in total. The molecule has 0 radical (unpaired) electrons. The summed E-state index contributed by atoms with van der Waals surface area (Å²) in [6.07, 6.45) is 1.34. The lowest BCUT2D eigenvalue weighted by atomic mass is 9.72. The van der Waals surface area contributed by atoms with Crippen molar-refractivity contribution in [3.8, 4) is 0 Å². The number of hydrogen-bond donors (Lipinski definition) is 2. The minimum absolute atomic E-state index is 0.0391. The molecular weight excluding hydrogens is 217 g/mol. The predicted molar refractivity (Wildman–Crippen MR) is 57.3 cm³/mol. The van der Waals surface area contributed by atoms with Crippen LogP contribution in [0.5, 0.6) is 0 Å². The van der Waals surface area contributed by atoms with E-state index < -0.39 is 11.4 Å². The number of nitrogens with two attached hydrogens (primary N) is 1. The molecule has 1 aromatic rings. The van der Waals surface area contributed by atoms with Crippen LogP contribution in [-0.2, 0) is 6.42 Å². The molecule has 1 fully saturated rings. The van der Waals surface area contributed by atoms with E-state index in [9.17, 15) is 9.50 Å². The zero-order valence-corrected chi connectivity index (χ0v) is 8.97. The molecule has 3 N–H and O–H groups in total. The van der Waals surface area contributed by atoms with Crippen LogP contribution >= 0.6 is 11.6 Å². The lowest BCUT2D eigenvalue weighted by Crippen LogP contribution is -2.52. The van der Waals surface area contributed by atoms with E-state index in [0.717, 1.165) is 0 Å². The summed E-state index contributed by atoms with van der Waals surface area (Å²) in [5.41, 5.74) is 5.21. The van der Waals surface area contributed by atoms with Crippen molar-refractivity contribution in [2.24, 2.45) is 5.73 Å².